The average molecular weight is 417 g/mol. The lowest BCUT2D eigenvalue weighted by Crippen LogP contribution is -2.35. The molecule has 8 nitrogen and oxygen atoms in total. The number of benzene rings is 1. The number of aromatic nitrogens is 2. The van der Waals surface area contributed by atoms with Crippen LogP contribution in [0.25, 0.3) is 0 Å². The molecule has 162 valence electrons. The van der Waals surface area contributed by atoms with Gasteiger partial charge in [-0.2, -0.15) is 5.10 Å². The van der Waals surface area contributed by atoms with Gasteiger partial charge in [-0.3, -0.25) is 9.48 Å². The molecular weight excluding hydrogens is 389 g/mol. The van der Waals surface area contributed by atoms with Crippen molar-refractivity contribution in [3.8, 4) is 5.75 Å². The van der Waals surface area contributed by atoms with Crippen LogP contribution in [0, 0.1) is 5.82 Å². The number of nitrogen functional groups attached to an aromatic ring is 1. The molecule has 4 rings (SSSR count). The van der Waals surface area contributed by atoms with Crippen molar-refractivity contribution in [3.05, 3.63) is 29.2 Å². The summed E-state index contributed by atoms with van der Waals surface area (Å²) >= 11 is 0. The standard InChI is InChI=1S/C21H28FN5O3/c1-13(28)26-7-4-18-16(12-26)21(24-27(18)14-5-8-30-9-6-14)25(2)15-10-17(22)20(23)19(11-15)29-3/h10-11,14H,4-9,12,23H2,1-3H3. The van der Waals surface area contributed by atoms with Crippen molar-refractivity contribution < 1.29 is 18.7 Å². The number of methoxy groups -OCH3 is 1. The zero-order chi connectivity index (χ0) is 21.4. The Hall–Kier alpha value is -2.81. The molecule has 2 aromatic rings. The second-order valence-electron chi connectivity index (χ2n) is 7.83. The Morgan fingerprint density at radius 3 is 2.77 bits per heavy atom. The van der Waals surface area contributed by atoms with Crippen molar-refractivity contribution in [3.63, 3.8) is 0 Å². The van der Waals surface area contributed by atoms with E-state index in [9.17, 15) is 9.18 Å². The minimum absolute atomic E-state index is 0.0211. The number of hydrogen-bond donors (Lipinski definition) is 1. The van der Waals surface area contributed by atoms with E-state index in [1.165, 1.54) is 13.2 Å². The van der Waals surface area contributed by atoms with Crippen LogP contribution in [0.15, 0.2) is 12.1 Å². The second-order valence-corrected chi connectivity index (χ2v) is 7.83. The zero-order valence-electron chi connectivity index (χ0n) is 17.7. The van der Waals surface area contributed by atoms with Crippen LogP contribution in [-0.4, -0.2) is 54.5 Å². The number of rotatable bonds is 4. The fraction of sp³-hybridized carbons (Fsp3) is 0.524. The molecular formula is C21H28FN5O3. The summed E-state index contributed by atoms with van der Waals surface area (Å²) in [5, 5.41) is 4.95. The summed E-state index contributed by atoms with van der Waals surface area (Å²) < 4.78 is 27.2. The summed E-state index contributed by atoms with van der Waals surface area (Å²) in [5.74, 6) is 0.487. The maximum Gasteiger partial charge on any atom is 0.219 e. The molecule has 0 aliphatic carbocycles. The Morgan fingerprint density at radius 1 is 1.37 bits per heavy atom. The predicted octanol–water partition coefficient (Wildman–Crippen LogP) is 2.64. The van der Waals surface area contributed by atoms with Gasteiger partial charge < -0.3 is 25.0 Å². The molecule has 3 heterocycles. The van der Waals surface area contributed by atoms with Gasteiger partial charge in [0.15, 0.2) is 11.6 Å². The Morgan fingerprint density at radius 2 is 2.10 bits per heavy atom. The molecule has 1 fully saturated rings. The van der Waals surface area contributed by atoms with Gasteiger partial charge in [-0.15, -0.1) is 0 Å². The summed E-state index contributed by atoms with van der Waals surface area (Å²) in [6.45, 7) is 4.17. The van der Waals surface area contributed by atoms with E-state index in [1.54, 1.807) is 13.0 Å². The highest BCUT2D eigenvalue weighted by atomic mass is 19.1. The van der Waals surface area contributed by atoms with Crippen LogP contribution in [0.4, 0.5) is 21.6 Å². The van der Waals surface area contributed by atoms with E-state index in [0.717, 1.165) is 30.5 Å². The normalized spacial score (nSPS) is 17.0. The molecule has 1 amide bonds. The van der Waals surface area contributed by atoms with E-state index >= 15 is 0 Å². The zero-order valence-corrected chi connectivity index (χ0v) is 17.7. The molecule has 0 atom stereocenters. The Labute approximate surface area is 175 Å². The predicted molar refractivity (Wildman–Crippen MR) is 112 cm³/mol. The summed E-state index contributed by atoms with van der Waals surface area (Å²) in [6.07, 6.45) is 2.54. The third-order valence-electron chi connectivity index (χ3n) is 6.05. The van der Waals surface area contributed by atoms with E-state index in [4.69, 9.17) is 20.3 Å². The maximum absolute atomic E-state index is 14.4. The summed E-state index contributed by atoms with van der Waals surface area (Å²) in [7, 11) is 3.30. The summed E-state index contributed by atoms with van der Waals surface area (Å²) in [5.41, 5.74) is 8.48. The fourth-order valence-corrected chi connectivity index (χ4v) is 4.26. The number of fused-ring (bicyclic) bond motifs is 1. The van der Waals surface area contributed by atoms with Crippen molar-refractivity contribution in [1.82, 2.24) is 14.7 Å². The van der Waals surface area contributed by atoms with Crippen molar-refractivity contribution in [2.24, 2.45) is 0 Å². The first-order valence-corrected chi connectivity index (χ1v) is 10.2. The summed E-state index contributed by atoms with van der Waals surface area (Å²) in [6, 6.07) is 3.34. The lowest BCUT2D eigenvalue weighted by Gasteiger charge is -2.29. The van der Waals surface area contributed by atoms with Gasteiger partial charge in [0.25, 0.3) is 0 Å². The van der Waals surface area contributed by atoms with Gasteiger partial charge in [0.1, 0.15) is 11.4 Å². The Bertz CT molecular complexity index is 955. The smallest absolute Gasteiger partial charge is 0.219 e. The van der Waals surface area contributed by atoms with E-state index in [2.05, 4.69) is 4.68 Å². The monoisotopic (exact) mass is 417 g/mol. The first-order valence-electron chi connectivity index (χ1n) is 10.2. The van der Waals surface area contributed by atoms with Crippen LogP contribution in [0.2, 0.25) is 0 Å². The van der Waals surface area contributed by atoms with E-state index in [0.29, 0.717) is 37.8 Å². The quantitative estimate of drug-likeness (QED) is 0.770. The summed E-state index contributed by atoms with van der Waals surface area (Å²) in [4.78, 5) is 15.7. The average Bonchev–Trinajstić information content (AvgIpc) is 3.14. The molecule has 1 aromatic carbocycles. The molecule has 1 aromatic heterocycles. The van der Waals surface area contributed by atoms with Crippen LogP contribution in [0.1, 0.15) is 37.1 Å². The topological polar surface area (TPSA) is 85.8 Å². The number of amides is 1. The number of nitrogens with zero attached hydrogens (tertiary/aromatic N) is 4. The van der Waals surface area contributed by atoms with Crippen LogP contribution in [-0.2, 0) is 22.5 Å². The molecule has 2 aliphatic heterocycles. The Balaban J connectivity index is 1.78. The fourth-order valence-electron chi connectivity index (χ4n) is 4.26. The third kappa shape index (κ3) is 3.58. The van der Waals surface area contributed by atoms with Gasteiger partial charge in [0.05, 0.1) is 19.7 Å². The minimum atomic E-state index is -0.542. The molecule has 0 spiro atoms. The van der Waals surface area contributed by atoms with Gasteiger partial charge in [0.2, 0.25) is 5.91 Å². The molecule has 0 unspecified atom stereocenters. The molecule has 0 bridgehead atoms. The number of anilines is 3. The number of carbonyl (C=O) groups is 1. The van der Waals surface area contributed by atoms with E-state index in [-0.39, 0.29) is 23.4 Å². The van der Waals surface area contributed by atoms with Gasteiger partial charge in [-0.05, 0) is 18.9 Å². The van der Waals surface area contributed by atoms with Crippen LogP contribution in [0.5, 0.6) is 5.75 Å². The minimum Gasteiger partial charge on any atom is -0.494 e. The number of carbonyl (C=O) groups excluding carboxylic acids is 1. The van der Waals surface area contributed by atoms with E-state index in [1.807, 2.05) is 16.8 Å². The Kier molecular flexibility index (Phi) is 5.55. The number of hydrogen-bond acceptors (Lipinski definition) is 6. The lowest BCUT2D eigenvalue weighted by atomic mass is 10.0. The first kappa shape index (κ1) is 20.5. The highest BCUT2D eigenvalue weighted by molar-refractivity contribution is 5.75. The second kappa shape index (κ2) is 8.14. The number of halogens is 1. The first-order chi connectivity index (χ1) is 14.4. The molecule has 2 N–H and O–H groups in total. The highest BCUT2D eigenvalue weighted by Crippen LogP contribution is 2.38. The SMILES string of the molecule is COc1cc(N(C)c2nn(C3CCOCC3)c3c2CN(C(C)=O)CC3)cc(F)c1N. The van der Waals surface area contributed by atoms with Gasteiger partial charge in [0, 0.05) is 63.2 Å². The van der Waals surface area contributed by atoms with Gasteiger partial charge in [-0.1, -0.05) is 0 Å². The molecule has 0 saturated carbocycles. The number of nitrogens with two attached hydrogens (primary N) is 1. The van der Waals surface area contributed by atoms with E-state index < -0.39 is 5.82 Å². The largest absolute Gasteiger partial charge is 0.494 e. The molecule has 1 saturated heterocycles. The maximum atomic E-state index is 14.4. The third-order valence-corrected chi connectivity index (χ3v) is 6.05. The molecule has 0 radical (unpaired) electrons. The molecule has 9 heteroatoms. The van der Waals surface area contributed by atoms with Crippen molar-refractivity contribution in [1.29, 1.82) is 0 Å². The molecule has 30 heavy (non-hydrogen) atoms. The number of ether oxygens (including phenoxy) is 2. The van der Waals surface area contributed by atoms with Gasteiger partial charge >= 0.3 is 0 Å². The molecule has 2 aliphatic rings. The van der Waals surface area contributed by atoms with Gasteiger partial charge in [-0.25, -0.2) is 4.39 Å². The van der Waals surface area contributed by atoms with Crippen LogP contribution >= 0.6 is 0 Å². The van der Waals surface area contributed by atoms with Crippen molar-refractivity contribution in [2.45, 2.75) is 38.8 Å². The van der Waals surface area contributed by atoms with Crippen LogP contribution < -0.4 is 15.4 Å². The lowest BCUT2D eigenvalue weighted by molar-refractivity contribution is -0.129. The van der Waals surface area contributed by atoms with Crippen molar-refractivity contribution >= 4 is 23.1 Å². The van der Waals surface area contributed by atoms with Crippen molar-refractivity contribution in [2.75, 3.05) is 44.5 Å². The van der Waals surface area contributed by atoms with Crippen LogP contribution in [0.3, 0.4) is 0 Å². The highest BCUT2D eigenvalue weighted by Gasteiger charge is 2.31.